The van der Waals surface area contributed by atoms with Crippen molar-refractivity contribution in [2.75, 3.05) is 33.8 Å². The van der Waals surface area contributed by atoms with Gasteiger partial charge in [0.05, 0.1) is 13.2 Å². The van der Waals surface area contributed by atoms with Crippen molar-refractivity contribution in [2.45, 2.75) is 64.1 Å². The highest BCUT2D eigenvalue weighted by molar-refractivity contribution is 5.50. The summed E-state index contributed by atoms with van der Waals surface area (Å²) < 4.78 is 11.9. The Balaban J connectivity index is 1.57. The largest absolute Gasteiger partial charge is 0.493 e. The van der Waals surface area contributed by atoms with E-state index in [2.05, 4.69) is 42.8 Å². The van der Waals surface area contributed by atoms with E-state index in [1.54, 1.807) is 7.11 Å². The number of methoxy groups -OCH3 is 1. The zero-order valence-electron chi connectivity index (χ0n) is 16.8. The first kappa shape index (κ1) is 18.1. The quantitative estimate of drug-likeness (QED) is 0.797. The van der Waals surface area contributed by atoms with Gasteiger partial charge in [-0.2, -0.15) is 0 Å². The van der Waals surface area contributed by atoms with Crippen LogP contribution in [0.15, 0.2) is 12.1 Å². The summed E-state index contributed by atoms with van der Waals surface area (Å²) >= 11 is 0. The smallest absolute Gasteiger partial charge is 0.161 e. The molecule has 0 bridgehead atoms. The first-order valence-electron chi connectivity index (χ1n) is 10.4. The van der Waals surface area contributed by atoms with E-state index in [0.717, 1.165) is 36.9 Å². The van der Waals surface area contributed by atoms with E-state index in [0.29, 0.717) is 18.2 Å². The molecule has 0 amide bonds. The molecule has 0 unspecified atom stereocenters. The summed E-state index contributed by atoms with van der Waals surface area (Å²) in [7, 11) is 4.06. The van der Waals surface area contributed by atoms with E-state index < -0.39 is 0 Å². The predicted octanol–water partition coefficient (Wildman–Crippen LogP) is 3.89. The topological polar surface area (TPSA) is 24.9 Å². The van der Waals surface area contributed by atoms with E-state index in [1.807, 2.05) is 0 Å². The Kier molecular flexibility index (Phi) is 5.15. The van der Waals surface area contributed by atoms with Crippen LogP contribution in [-0.2, 0) is 6.42 Å². The summed E-state index contributed by atoms with van der Waals surface area (Å²) in [5, 5.41) is 0. The maximum absolute atomic E-state index is 6.21. The third-order valence-electron chi connectivity index (χ3n) is 6.51. The number of likely N-dealkylation sites (N-methyl/N-ethyl adjacent to an activating group) is 1. The first-order chi connectivity index (χ1) is 12.5. The van der Waals surface area contributed by atoms with E-state index in [9.17, 15) is 0 Å². The molecular formula is C22H34N2O2. The van der Waals surface area contributed by atoms with Gasteiger partial charge in [0.1, 0.15) is 0 Å². The molecule has 1 saturated carbocycles. The van der Waals surface area contributed by atoms with E-state index >= 15 is 0 Å². The Labute approximate surface area is 158 Å². The second-order valence-corrected chi connectivity index (χ2v) is 8.86. The number of rotatable bonds is 5. The van der Waals surface area contributed by atoms with E-state index in [4.69, 9.17) is 9.47 Å². The summed E-state index contributed by atoms with van der Waals surface area (Å²) in [5.41, 5.74) is 2.90. The van der Waals surface area contributed by atoms with Gasteiger partial charge in [-0.05, 0) is 68.3 Å². The molecule has 144 valence electrons. The van der Waals surface area contributed by atoms with Crippen molar-refractivity contribution >= 4 is 0 Å². The highest BCUT2D eigenvalue weighted by Gasteiger charge is 2.37. The number of hydrogen-bond acceptors (Lipinski definition) is 4. The minimum absolute atomic E-state index is 0.389. The fourth-order valence-corrected chi connectivity index (χ4v) is 4.74. The molecule has 0 N–H and O–H groups in total. The van der Waals surface area contributed by atoms with Crippen molar-refractivity contribution in [1.82, 2.24) is 9.80 Å². The van der Waals surface area contributed by atoms with Crippen LogP contribution in [-0.4, -0.2) is 55.7 Å². The molecule has 2 atom stereocenters. The van der Waals surface area contributed by atoms with Crippen LogP contribution >= 0.6 is 0 Å². The highest BCUT2D eigenvalue weighted by atomic mass is 16.5. The van der Waals surface area contributed by atoms with Crippen LogP contribution in [0.3, 0.4) is 0 Å². The van der Waals surface area contributed by atoms with E-state index in [-0.39, 0.29) is 0 Å². The molecule has 0 radical (unpaired) electrons. The number of nitrogens with zero attached hydrogens (tertiary/aromatic N) is 2. The van der Waals surface area contributed by atoms with Crippen LogP contribution in [0.25, 0.3) is 0 Å². The molecule has 3 aliphatic rings. The number of piperazine rings is 1. The molecule has 4 nitrogen and oxygen atoms in total. The van der Waals surface area contributed by atoms with Gasteiger partial charge in [-0.1, -0.05) is 13.8 Å². The Morgan fingerprint density at radius 3 is 2.62 bits per heavy atom. The number of ether oxygens (including phenoxy) is 2. The molecule has 2 aliphatic heterocycles. The Morgan fingerprint density at radius 1 is 1.15 bits per heavy atom. The molecule has 0 spiro atoms. The lowest BCUT2D eigenvalue weighted by Crippen LogP contribution is -2.55. The average Bonchev–Trinajstić information content (AvgIpc) is 2.57. The summed E-state index contributed by atoms with van der Waals surface area (Å²) in [4.78, 5) is 5.27. The third kappa shape index (κ3) is 3.46. The van der Waals surface area contributed by atoms with Crippen LogP contribution in [0, 0.1) is 5.92 Å². The van der Waals surface area contributed by atoms with Crippen LogP contribution in [0.2, 0.25) is 0 Å². The average molecular weight is 359 g/mol. The molecule has 2 heterocycles. The van der Waals surface area contributed by atoms with Gasteiger partial charge in [0, 0.05) is 31.7 Å². The fourth-order valence-electron chi connectivity index (χ4n) is 4.74. The monoisotopic (exact) mass is 358 g/mol. The lowest BCUT2D eigenvalue weighted by atomic mass is 9.87. The minimum atomic E-state index is 0.389. The van der Waals surface area contributed by atoms with Crippen molar-refractivity contribution in [1.29, 1.82) is 0 Å². The molecule has 1 aromatic rings. The van der Waals surface area contributed by atoms with Gasteiger partial charge >= 0.3 is 0 Å². The van der Waals surface area contributed by atoms with Gasteiger partial charge in [-0.15, -0.1) is 0 Å². The number of fused-ring (bicyclic) bond motifs is 3. The maximum atomic E-state index is 6.21. The first-order valence-corrected chi connectivity index (χ1v) is 10.4. The predicted molar refractivity (Wildman–Crippen MR) is 105 cm³/mol. The van der Waals surface area contributed by atoms with Crippen LogP contribution < -0.4 is 9.47 Å². The van der Waals surface area contributed by atoms with Crippen molar-refractivity contribution in [2.24, 2.45) is 5.92 Å². The molecule has 1 aliphatic carbocycles. The van der Waals surface area contributed by atoms with Crippen LogP contribution in [0.5, 0.6) is 11.5 Å². The zero-order chi connectivity index (χ0) is 18.3. The standard InChI is InChI=1S/C22H34N2O2/c1-15(2)10-17-13-24-9-8-16-11-22(26-18-6-5-7-18)21(25-4)12-19(16)20(24)14-23(17)3/h11-12,15,17-18,20H,5-10,13-14H2,1-4H3/t17-,20-/m1/s1. The Hall–Kier alpha value is -1.26. The molecule has 4 heteroatoms. The SMILES string of the molecule is COc1cc2c(cc1OC1CCC1)CCN1C[C@@H](CC(C)C)N(C)C[C@H]21. The van der Waals surface area contributed by atoms with Crippen LogP contribution in [0.4, 0.5) is 0 Å². The van der Waals surface area contributed by atoms with Gasteiger partial charge in [-0.3, -0.25) is 4.90 Å². The second-order valence-electron chi connectivity index (χ2n) is 8.86. The van der Waals surface area contributed by atoms with Crippen molar-refractivity contribution in [3.8, 4) is 11.5 Å². The highest BCUT2D eigenvalue weighted by Crippen LogP contribution is 2.41. The molecule has 0 aromatic heterocycles. The third-order valence-corrected chi connectivity index (χ3v) is 6.51. The van der Waals surface area contributed by atoms with Gasteiger partial charge in [-0.25, -0.2) is 0 Å². The Bertz CT molecular complexity index is 641. The van der Waals surface area contributed by atoms with Gasteiger partial charge in [0.2, 0.25) is 0 Å². The zero-order valence-corrected chi connectivity index (χ0v) is 16.8. The van der Waals surface area contributed by atoms with Crippen LogP contribution in [0.1, 0.15) is 56.7 Å². The summed E-state index contributed by atoms with van der Waals surface area (Å²) in [6.45, 7) is 8.12. The number of hydrogen-bond donors (Lipinski definition) is 0. The number of benzene rings is 1. The molecule has 26 heavy (non-hydrogen) atoms. The fraction of sp³-hybridized carbons (Fsp3) is 0.727. The molecule has 4 rings (SSSR count). The van der Waals surface area contributed by atoms with Crippen molar-refractivity contribution < 1.29 is 9.47 Å². The molecular weight excluding hydrogens is 324 g/mol. The molecule has 1 saturated heterocycles. The summed E-state index contributed by atoms with van der Waals surface area (Å²) in [6, 6.07) is 5.69. The normalized spacial score (nSPS) is 27.0. The van der Waals surface area contributed by atoms with E-state index in [1.165, 1.54) is 43.4 Å². The summed E-state index contributed by atoms with van der Waals surface area (Å²) in [5.74, 6) is 2.61. The lowest BCUT2D eigenvalue weighted by molar-refractivity contribution is 0.0293. The van der Waals surface area contributed by atoms with Crippen molar-refractivity contribution in [3.05, 3.63) is 23.3 Å². The summed E-state index contributed by atoms with van der Waals surface area (Å²) in [6.07, 6.45) is 6.44. The molecule has 1 aromatic carbocycles. The molecule has 2 fully saturated rings. The van der Waals surface area contributed by atoms with Gasteiger partial charge in [0.15, 0.2) is 11.5 Å². The second kappa shape index (κ2) is 7.40. The van der Waals surface area contributed by atoms with Crippen molar-refractivity contribution in [3.63, 3.8) is 0 Å². The maximum Gasteiger partial charge on any atom is 0.161 e. The van der Waals surface area contributed by atoms with Gasteiger partial charge in [0.25, 0.3) is 0 Å². The lowest BCUT2D eigenvalue weighted by Gasteiger charge is -2.48. The minimum Gasteiger partial charge on any atom is -0.493 e. The Morgan fingerprint density at radius 2 is 1.96 bits per heavy atom. The van der Waals surface area contributed by atoms with Gasteiger partial charge < -0.3 is 14.4 Å².